The maximum Gasteiger partial charge on any atom is 0.329 e. The summed E-state index contributed by atoms with van der Waals surface area (Å²) in [6, 6.07) is -6.57. The molecule has 125 heavy (non-hydrogen) atoms. The molecule has 5 rings (SSSR count). The lowest BCUT2D eigenvalue weighted by atomic mass is 9.96. The molecule has 1 aromatic heterocycles. The number of carbonyl (C=O) groups is 21. The number of esters is 1. The summed E-state index contributed by atoms with van der Waals surface area (Å²) in [5.41, 5.74) is 19.2. The minimum atomic E-state index is -2.50. The van der Waals surface area contributed by atoms with Gasteiger partial charge in [-0.2, -0.15) is 0 Å². The molecule has 1 saturated heterocycles. The molecule has 0 aliphatic carbocycles. The van der Waals surface area contributed by atoms with Crippen molar-refractivity contribution in [3.63, 3.8) is 0 Å². The van der Waals surface area contributed by atoms with Crippen LogP contribution < -0.4 is 91.6 Å². The number of anilines is 2. The largest absolute Gasteiger partial charge is 0.481 e. The third kappa shape index (κ3) is 33.6. The number of carboxylic acids is 4. The summed E-state index contributed by atoms with van der Waals surface area (Å²) in [7, 11) is 0. The Hall–Kier alpha value is -14.2. The Morgan fingerprint density at radius 2 is 1.09 bits per heavy atom. The first-order valence-corrected chi connectivity index (χ1v) is 40.0. The third-order valence-electron chi connectivity index (χ3n) is 19.7. The summed E-state index contributed by atoms with van der Waals surface area (Å²) in [5, 5.41) is 81.8. The fraction of sp³-hybridized carbons (Fsp3) is 0.487. The number of cyclic esters (lactones) is 1. The molecule has 1 aliphatic heterocycles. The molecule has 2 heterocycles. The molecule has 15 amide bonds. The van der Waals surface area contributed by atoms with Crippen LogP contribution in [0.1, 0.15) is 162 Å². The molecule has 0 saturated carbocycles. The minimum absolute atomic E-state index is 0.0294. The van der Waals surface area contributed by atoms with Gasteiger partial charge in [-0.3, -0.25) is 95.9 Å². The number of aliphatic carboxylic acids is 4. The van der Waals surface area contributed by atoms with Crippen molar-refractivity contribution >= 4 is 147 Å². The van der Waals surface area contributed by atoms with E-state index in [2.05, 4.69) is 70.4 Å². The van der Waals surface area contributed by atoms with Gasteiger partial charge in [-0.15, -0.1) is 0 Å². The number of nitrogen functional groups attached to an aromatic ring is 2. The molecule has 45 heteroatoms. The van der Waals surface area contributed by atoms with E-state index in [9.17, 15) is 126 Å². The number of ether oxygens (including phenoxy) is 1. The number of nitrogens with one attached hydrogen (secondary N) is 15. The number of nitrogens with two attached hydrogens (primary N) is 3. The number of aromatic nitrogens is 1. The van der Waals surface area contributed by atoms with Gasteiger partial charge < -0.3 is 127 Å². The number of rotatable bonds is 37. The Labute approximate surface area is 715 Å². The van der Waals surface area contributed by atoms with Gasteiger partial charge in [-0.1, -0.05) is 94.8 Å². The van der Waals surface area contributed by atoms with Gasteiger partial charge in [0.15, 0.2) is 5.78 Å². The first-order chi connectivity index (χ1) is 59.1. The number of primary amides is 1. The number of aryl methyl sites for hydroxylation is 1. The maximum atomic E-state index is 15.0. The number of unbranched alkanes of at least 4 members (excludes halogenated alkanes) is 6. The average Bonchev–Trinajstić information content (AvgIpc) is 1.45. The van der Waals surface area contributed by atoms with Crippen LogP contribution in [0.25, 0.3) is 10.9 Å². The van der Waals surface area contributed by atoms with Gasteiger partial charge in [0.2, 0.25) is 82.7 Å². The molecule has 4 aromatic rings. The molecule has 0 radical (unpaired) electrons. The van der Waals surface area contributed by atoms with Crippen molar-refractivity contribution in [3.8, 4) is 0 Å². The lowest BCUT2D eigenvalue weighted by Gasteiger charge is -2.30. The predicted molar refractivity (Wildman–Crippen MR) is 439 cm³/mol. The van der Waals surface area contributed by atoms with Gasteiger partial charge in [0.05, 0.1) is 57.4 Å². The van der Waals surface area contributed by atoms with Crippen LogP contribution in [0.2, 0.25) is 0 Å². The Morgan fingerprint density at radius 1 is 0.536 bits per heavy atom. The molecule has 0 bridgehead atoms. The Balaban J connectivity index is 1.64. The van der Waals surface area contributed by atoms with Gasteiger partial charge in [0.25, 0.3) is 5.91 Å². The Bertz CT molecular complexity index is 4630. The number of fused-ring (bicyclic) bond motifs is 1. The minimum Gasteiger partial charge on any atom is -0.481 e. The summed E-state index contributed by atoms with van der Waals surface area (Å²) in [4.78, 5) is 293. The molecule has 680 valence electrons. The van der Waals surface area contributed by atoms with Crippen LogP contribution in [0.4, 0.5) is 11.4 Å². The number of carbonyl (C=O) groups excluding carboxylic acids is 17. The molecule has 13 atom stereocenters. The van der Waals surface area contributed by atoms with Crippen molar-refractivity contribution in [1.82, 2.24) is 79.4 Å². The monoisotopic (exact) mass is 1750 g/mol. The van der Waals surface area contributed by atoms with E-state index in [0.29, 0.717) is 34.9 Å². The summed E-state index contributed by atoms with van der Waals surface area (Å²) < 4.78 is 5.72. The Kier molecular flexibility index (Phi) is 40.8. The number of H-pyrrole nitrogens is 1. The number of aliphatic hydroxyl groups excluding tert-OH is 1. The number of amides is 15. The highest BCUT2D eigenvalue weighted by Gasteiger charge is 2.41. The second-order valence-corrected chi connectivity index (χ2v) is 29.8. The van der Waals surface area contributed by atoms with E-state index in [0.717, 1.165) is 52.9 Å². The Morgan fingerprint density at radius 3 is 1.71 bits per heavy atom. The zero-order valence-corrected chi connectivity index (χ0v) is 69.2. The van der Waals surface area contributed by atoms with E-state index in [-0.39, 0.29) is 48.3 Å². The molecular formula is C80H108N18O27. The van der Waals surface area contributed by atoms with E-state index in [4.69, 9.17) is 21.9 Å². The molecule has 45 nitrogen and oxygen atoms in total. The van der Waals surface area contributed by atoms with Crippen LogP contribution in [-0.4, -0.2) is 254 Å². The van der Waals surface area contributed by atoms with E-state index in [1.807, 2.05) is 16.0 Å². The van der Waals surface area contributed by atoms with Crippen LogP contribution in [0, 0.1) is 12.8 Å². The molecular weight excluding hydrogens is 1640 g/mol. The molecule has 3 aromatic carbocycles. The highest BCUT2D eigenvalue weighted by atomic mass is 16.5. The van der Waals surface area contributed by atoms with Crippen LogP contribution >= 0.6 is 0 Å². The quantitative estimate of drug-likeness (QED) is 0.00880. The highest BCUT2D eigenvalue weighted by Crippen LogP contribution is 2.22. The zero-order chi connectivity index (χ0) is 92.9. The number of para-hydroxylation sites is 3. The fourth-order valence-corrected chi connectivity index (χ4v) is 12.9. The number of aliphatic hydroxyl groups is 1. The van der Waals surface area contributed by atoms with Crippen LogP contribution in [0.3, 0.4) is 0 Å². The third-order valence-corrected chi connectivity index (χ3v) is 19.7. The molecule has 26 N–H and O–H groups in total. The van der Waals surface area contributed by atoms with Crippen molar-refractivity contribution in [2.75, 3.05) is 37.7 Å². The van der Waals surface area contributed by atoms with Gasteiger partial charge in [-0.25, -0.2) is 4.79 Å². The summed E-state index contributed by atoms with van der Waals surface area (Å²) in [6.07, 6.45) is -2.97. The molecule has 0 spiro atoms. The number of Topliss-reactive ketones (excluding diaryl/α,β-unsaturated/α-hetero) is 1. The highest BCUT2D eigenvalue weighted by molar-refractivity contribution is 6.06. The van der Waals surface area contributed by atoms with Crippen molar-refractivity contribution in [1.29, 1.82) is 0 Å². The van der Waals surface area contributed by atoms with Crippen LogP contribution in [-0.2, 0) is 102 Å². The van der Waals surface area contributed by atoms with Gasteiger partial charge >= 0.3 is 29.8 Å². The zero-order valence-electron chi connectivity index (χ0n) is 69.2. The van der Waals surface area contributed by atoms with E-state index >= 15 is 0 Å². The van der Waals surface area contributed by atoms with E-state index in [1.165, 1.54) is 36.4 Å². The number of hydrogen-bond donors (Lipinski definition) is 23. The standard InChI is InChI=1S/C80H108N18O27/c1-6-7-8-9-10-11-12-26-59(102)90-50(29-43-35-85-48-24-16-14-20-44(43)48)74(118)93-51(31-58(82)101)75(119)95-54(34-65(111)112)76(120)98-68-42(5)125-80(124)55(30-57(100)45-21-13-15-23-47(45)81)96-79(123)67(40(3)28-62(105)106)97-77(121)56(38-99)91-61(104)36-86-71(115)52(32-63(107)108)92-69(113)41(4)88-73(117)53(33-64(109)110)94-72(116)49(89-60(103)37-87-78(68)122)25-18-27-84-70(114)46-22-17-19-39(2)66(46)83/h13-17,19-24,35,40-42,49-56,67-68,85,99H,6-12,18,25-34,36-38,81,83H2,1-5H3,(H2,82,101)(H,84,114)(H,86,115)(H,87,122)(H,88,117)(H,89,103)(H,90,102)(H,91,104)(H,92,113)(H,93,118)(H,94,116)(H,95,119)(H,96,123)(H,97,121)(H,98,120)(H,105,106)(H,107,108)(H,109,110)(H,111,112). The van der Waals surface area contributed by atoms with Crippen LogP contribution in [0.5, 0.6) is 0 Å². The van der Waals surface area contributed by atoms with Crippen molar-refractivity contribution in [2.45, 2.75) is 216 Å². The van der Waals surface area contributed by atoms with Crippen molar-refractivity contribution < 1.29 is 131 Å². The number of benzene rings is 3. The summed E-state index contributed by atoms with van der Waals surface area (Å²) in [5.74, 6) is -31.0. The number of aromatic amines is 1. The number of ketones is 1. The van der Waals surface area contributed by atoms with E-state index in [1.54, 1.807) is 43.5 Å². The van der Waals surface area contributed by atoms with Crippen molar-refractivity contribution in [2.24, 2.45) is 11.7 Å². The van der Waals surface area contributed by atoms with Gasteiger partial charge in [0, 0.05) is 59.8 Å². The maximum absolute atomic E-state index is 15.0. The predicted octanol–water partition coefficient (Wildman–Crippen LogP) is -4.26. The topological polar surface area (TPSA) is 731 Å². The van der Waals surface area contributed by atoms with E-state index < -0.39 is 267 Å². The lowest BCUT2D eigenvalue weighted by molar-refractivity contribution is -0.156. The first kappa shape index (κ1) is 101. The van der Waals surface area contributed by atoms with Gasteiger partial charge in [0.1, 0.15) is 72.6 Å². The molecule has 1 aliphatic rings. The average molecular weight is 1750 g/mol. The second-order valence-electron chi connectivity index (χ2n) is 29.8. The summed E-state index contributed by atoms with van der Waals surface area (Å²) >= 11 is 0. The summed E-state index contributed by atoms with van der Waals surface area (Å²) in [6.45, 7) is 2.45. The second kappa shape index (κ2) is 50.3. The van der Waals surface area contributed by atoms with Crippen molar-refractivity contribution in [3.05, 3.63) is 95.2 Å². The molecule has 1 fully saturated rings. The SMILES string of the molecule is CCCCCCCCCC(=O)NC(Cc1c[nH]c2ccccc12)C(=O)NC(CC(N)=O)C(=O)NC(CC(=O)O)C(=O)NC1C(=O)NCC(=O)NC(CCCNC(=O)c2cccc(C)c2N)C(=O)NC(CC(=O)O)C(=O)NC(C)C(=O)NC(CC(=O)O)C(=O)NCC(=O)NC(CO)C(=O)NC(C(C)CC(=O)O)C(=O)NC(CC(=O)c2ccccc2N)C(=O)OC1C. The van der Waals surface area contributed by atoms with Crippen LogP contribution in [0.15, 0.2) is 72.9 Å². The van der Waals surface area contributed by atoms with Gasteiger partial charge in [-0.05, 0) is 81.3 Å². The fourth-order valence-electron chi connectivity index (χ4n) is 12.9. The smallest absolute Gasteiger partial charge is 0.329 e. The lowest BCUT2D eigenvalue weighted by Crippen LogP contribution is -2.62. The first-order valence-electron chi connectivity index (χ1n) is 40.0. The number of hydrogen-bond acceptors (Lipinski definition) is 25. The normalized spacial score (nSPS) is 20.4. The molecule has 13 unspecified atom stereocenters. The number of carboxylic acid groups (broad SMARTS) is 4.